The second-order valence-electron chi connectivity index (χ2n) is 11.1. The lowest BCUT2D eigenvalue weighted by Crippen LogP contribution is -2.43. The minimum atomic E-state index is -0.168. The summed E-state index contributed by atoms with van der Waals surface area (Å²) in [6.45, 7) is 0.380. The quantitative estimate of drug-likeness (QED) is 0.255. The average molecular weight is 496 g/mol. The lowest BCUT2D eigenvalue weighted by Gasteiger charge is -2.33. The van der Waals surface area contributed by atoms with Crippen LogP contribution in [0.25, 0.3) is 27.8 Å². The molecule has 8 rings (SSSR count). The molecule has 1 amide bonds. The summed E-state index contributed by atoms with van der Waals surface area (Å²) < 4.78 is 6.05. The van der Waals surface area contributed by atoms with Gasteiger partial charge < -0.3 is 4.74 Å². The number of benzene rings is 4. The van der Waals surface area contributed by atoms with Crippen molar-refractivity contribution in [3.63, 3.8) is 0 Å². The third-order valence-corrected chi connectivity index (χ3v) is 9.11. The van der Waals surface area contributed by atoms with Gasteiger partial charge in [-0.3, -0.25) is 4.90 Å². The molecule has 2 unspecified atom stereocenters. The maximum Gasteiger partial charge on any atom is 0.410 e. The predicted octanol–water partition coefficient (Wildman–Crippen LogP) is 7.83. The molecule has 2 heterocycles. The second kappa shape index (κ2) is 8.46. The number of amides is 1. The number of hydrogen-bond acceptors (Lipinski definition) is 2. The zero-order chi connectivity index (χ0) is 25.2. The molecule has 2 aliphatic heterocycles. The van der Waals surface area contributed by atoms with E-state index < -0.39 is 0 Å². The number of carbonyl (C=O) groups is 1. The highest BCUT2D eigenvalue weighted by Gasteiger charge is 2.41. The van der Waals surface area contributed by atoms with Crippen LogP contribution in [0.2, 0.25) is 0 Å². The second-order valence-corrected chi connectivity index (χ2v) is 11.1. The van der Waals surface area contributed by atoms with Crippen LogP contribution in [0.4, 0.5) is 4.79 Å². The largest absolute Gasteiger partial charge is 0.448 e. The van der Waals surface area contributed by atoms with Crippen LogP contribution in [0.15, 0.2) is 97.1 Å². The molecular formula is C35H29NO2. The fraction of sp³-hybridized carbons (Fsp3) is 0.229. The Hall–Kier alpha value is -4.11. The van der Waals surface area contributed by atoms with E-state index in [1.54, 1.807) is 0 Å². The lowest BCUT2D eigenvalue weighted by molar-refractivity contribution is 0.0866. The third-order valence-electron chi connectivity index (χ3n) is 9.11. The van der Waals surface area contributed by atoms with Gasteiger partial charge in [-0.15, -0.1) is 0 Å². The van der Waals surface area contributed by atoms with Gasteiger partial charge in [0.1, 0.15) is 6.61 Å². The molecule has 2 aliphatic carbocycles. The molecule has 3 nitrogen and oxygen atoms in total. The number of hydrogen-bond donors (Lipinski definition) is 0. The van der Waals surface area contributed by atoms with Crippen molar-refractivity contribution in [1.82, 2.24) is 4.90 Å². The lowest BCUT2D eigenvalue weighted by atomic mass is 9.92. The molecule has 4 aliphatic rings. The fourth-order valence-corrected chi connectivity index (χ4v) is 7.34. The fourth-order valence-electron chi connectivity index (χ4n) is 7.34. The van der Waals surface area contributed by atoms with Crippen LogP contribution in [-0.4, -0.2) is 29.7 Å². The van der Waals surface area contributed by atoms with Crippen LogP contribution in [-0.2, 0) is 11.2 Å². The first-order valence-corrected chi connectivity index (χ1v) is 13.8. The van der Waals surface area contributed by atoms with Gasteiger partial charge in [0.15, 0.2) is 0 Å². The van der Waals surface area contributed by atoms with Crippen LogP contribution in [0.1, 0.15) is 53.0 Å². The Morgan fingerprint density at radius 3 is 2.21 bits per heavy atom. The van der Waals surface area contributed by atoms with E-state index in [1.807, 2.05) is 4.90 Å². The van der Waals surface area contributed by atoms with E-state index in [1.165, 1.54) is 55.6 Å². The summed E-state index contributed by atoms with van der Waals surface area (Å²) in [4.78, 5) is 15.4. The number of rotatable bonds is 3. The number of nitrogens with zero attached hydrogens (tertiary/aromatic N) is 1. The van der Waals surface area contributed by atoms with Gasteiger partial charge >= 0.3 is 6.09 Å². The van der Waals surface area contributed by atoms with Crippen LogP contribution in [0.5, 0.6) is 0 Å². The van der Waals surface area contributed by atoms with E-state index in [-0.39, 0.29) is 24.1 Å². The molecule has 0 spiro atoms. The molecule has 4 aromatic carbocycles. The first kappa shape index (κ1) is 21.9. The first-order chi connectivity index (χ1) is 18.7. The highest BCUT2D eigenvalue weighted by atomic mass is 16.6. The SMILES string of the molecule is O=C(OCC1c2ccccc2-c2ccccc21)N1C2C=C(c3ccc4c(c3)Cc3ccccc3-4)CC1CC2. The van der Waals surface area contributed by atoms with Crippen molar-refractivity contribution in [2.45, 2.75) is 43.7 Å². The highest BCUT2D eigenvalue weighted by molar-refractivity contribution is 5.82. The van der Waals surface area contributed by atoms with E-state index in [2.05, 4.69) is 97.1 Å². The maximum absolute atomic E-state index is 13.4. The predicted molar refractivity (Wildman–Crippen MR) is 151 cm³/mol. The van der Waals surface area contributed by atoms with Gasteiger partial charge in [0, 0.05) is 12.0 Å². The van der Waals surface area contributed by atoms with E-state index >= 15 is 0 Å². The minimum absolute atomic E-state index is 0.0930. The maximum atomic E-state index is 13.4. The Balaban J connectivity index is 1.01. The van der Waals surface area contributed by atoms with E-state index in [9.17, 15) is 4.79 Å². The van der Waals surface area contributed by atoms with Gasteiger partial charge in [0.2, 0.25) is 0 Å². The zero-order valence-corrected chi connectivity index (χ0v) is 21.3. The molecule has 0 saturated carbocycles. The third kappa shape index (κ3) is 3.31. The molecule has 1 fully saturated rings. The van der Waals surface area contributed by atoms with Gasteiger partial charge in [-0.1, -0.05) is 97.1 Å². The number of carbonyl (C=O) groups excluding carboxylic acids is 1. The van der Waals surface area contributed by atoms with E-state index in [0.717, 1.165) is 25.7 Å². The summed E-state index contributed by atoms with van der Waals surface area (Å²) in [6.07, 6.45) is 6.10. The van der Waals surface area contributed by atoms with Crippen molar-refractivity contribution in [3.05, 3.63) is 125 Å². The standard InChI is InChI=1S/C35H29NO2/c37-35(38-21-34-32-11-5-3-9-30(32)31-10-4-6-12-33(31)34)36-26-14-15-27(36)20-24(19-26)22-13-16-29-25(17-22)18-23-7-1-2-8-28(23)29/h1-13,16-17,19,26-27,34H,14-15,18,20-21H2. The van der Waals surface area contributed by atoms with Gasteiger partial charge in [-0.25, -0.2) is 4.79 Å². The van der Waals surface area contributed by atoms with Crippen LogP contribution >= 0.6 is 0 Å². The molecule has 0 N–H and O–H groups in total. The smallest absolute Gasteiger partial charge is 0.410 e. The number of fused-ring (bicyclic) bond motifs is 8. The Morgan fingerprint density at radius 2 is 1.45 bits per heavy atom. The monoisotopic (exact) mass is 495 g/mol. The summed E-state index contributed by atoms with van der Waals surface area (Å²) in [6, 6.07) is 33.0. The number of ether oxygens (including phenoxy) is 1. The highest BCUT2D eigenvalue weighted by Crippen LogP contribution is 2.45. The topological polar surface area (TPSA) is 29.5 Å². The van der Waals surface area contributed by atoms with Crippen LogP contribution < -0.4 is 0 Å². The molecule has 0 radical (unpaired) electrons. The molecule has 2 atom stereocenters. The van der Waals surface area contributed by atoms with Gasteiger partial charge in [-0.05, 0) is 81.3 Å². The summed E-state index contributed by atoms with van der Waals surface area (Å²) >= 11 is 0. The molecule has 186 valence electrons. The molecule has 4 aromatic rings. The molecule has 3 heteroatoms. The van der Waals surface area contributed by atoms with Crippen LogP contribution in [0.3, 0.4) is 0 Å². The zero-order valence-electron chi connectivity index (χ0n) is 21.3. The molecule has 1 saturated heterocycles. The summed E-state index contributed by atoms with van der Waals surface area (Å²) in [5.74, 6) is 0.0930. The molecule has 2 bridgehead atoms. The van der Waals surface area contributed by atoms with E-state index in [4.69, 9.17) is 4.74 Å². The minimum Gasteiger partial charge on any atom is -0.448 e. The molecular weight excluding hydrogens is 466 g/mol. The summed E-state index contributed by atoms with van der Waals surface area (Å²) in [7, 11) is 0. The van der Waals surface area contributed by atoms with Gasteiger partial charge in [-0.2, -0.15) is 0 Å². The van der Waals surface area contributed by atoms with Crippen molar-refractivity contribution >= 4 is 11.7 Å². The van der Waals surface area contributed by atoms with E-state index in [0.29, 0.717) is 6.61 Å². The van der Waals surface area contributed by atoms with Crippen molar-refractivity contribution < 1.29 is 9.53 Å². The summed E-state index contributed by atoms with van der Waals surface area (Å²) in [5, 5.41) is 0. The Labute approximate surface area is 223 Å². The van der Waals surface area contributed by atoms with Gasteiger partial charge in [0.05, 0.1) is 6.04 Å². The summed E-state index contributed by atoms with van der Waals surface area (Å²) in [5.41, 5.74) is 13.3. The van der Waals surface area contributed by atoms with Crippen molar-refractivity contribution in [2.75, 3.05) is 6.61 Å². The molecule has 38 heavy (non-hydrogen) atoms. The van der Waals surface area contributed by atoms with Gasteiger partial charge in [0.25, 0.3) is 0 Å². The Bertz CT molecular complexity index is 1590. The normalized spacial score (nSPS) is 20.4. The first-order valence-electron chi connectivity index (χ1n) is 13.8. The molecule has 0 aromatic heterocycles. The van der Waals surface area contributed by atoms with Crippen LogP contribution in [0, 0.1) is 0 Å². The van der Waals surface area contributed by atoms with Crippen molar-refractivity contribution in [3.8, 4) is 22.3 Å². The van der Waals surface area contributed by atoms with Crippen molar-refractivity contribution in [2.24, 2.45) is 0 Å². The van der Waals surface area contributed by atoms with Crippen molar-refractivity contribution in [1.29, 1.82) is 0 Å². The average Bonchev–Trinajstić information content (AvgIpc) is 3.58. The Morgan fingerprint density at radius 1 is 0.763 bits per heavy atom. The Kier molecular flexibility index (Phi) is 4.88.